The molecule has 0 spiro atoms. The van der Waals surface area contributed by atoms with Crippen LogP contribution in [0.3, 0.4) is 0 Å². The van der Waals surface area contributed by atoms with E-state index in [1.807, 2.05) is 6.92 Å². The maximum absolute atomic E-state index is 10.9. The lowest BCUT2D eigenvalue weighted by atomic mass is 10.1. The van der Waals surface area contributed by atoms with E-state index in [0.717, 1.165) is 19.3 Å². The molecule has 0 rings (SSSR count). The summed E-state index contributed by atoms with van der Waals surface area (Å²) in [6.07, 6.45) is 3.41. The van der Waals surface area contributed by atoms with E-state index in [4.69, 9.17) is 4.74 Å². The fourth-order valence-corrected chi connectivity index (χ4v) is 1.19. The molecule has 0 saturated carbocycles. The van der Waals surface area contributed by atoms with E-state index >= 15 is 0 Å². The first-order valence-electron chi connectivity index (χ1n) is 5.04. The van der Waals surface area contributed by atoms with Gasteiger partial charge in [-0.3, -0.25) is 4.79 Å². The van der Waals surface area contributed by atoms with E-state index in [1.165, 1.54) is 0 Å². The van der Waals surface area contributed by atoms with E-state index in [9.17, 15) is 9.90 Å². The van der Waals surface area contributed by atoms with Crippen LogP contribution in [0.25, 0.3) is 0 Å². The van der Waals surface area contributed by atoms with Gasteiger partial charge < -0.3 is 9.84 Å². The third-order valence-electron chi connectivity index (χ3n) is 1.85. The van der Waals surface area contributed by atoms with Gasteiger partial charge in [0.25, 0.3) is 0 Å². The van der Waals surface area contributed by atoms with Gasteiger partial charge in [0.15, 0.2) is 0 Å². The monoisotopic (exact) mass is 188 g/mol. The molecule has 0 fully saturated rings. The van der Waals surface area contributed by atoms with Crippen LogP contribution in [-0.2, 0) is 9.53 Å². The van der Waals surface area contributed by atoms with Crippen LogP contribution in [0.1, 0.15) is 46.0 Å². The number of ether oxygens (including phenoxy) is 1. The number of carbonyl (C=O) groups is 1. The standard InChI is InChI=1S/C10H20O3/c1-3-6-9(11)7-5-8-10(12)13-4-2/h9,11H,3-8H2,1-2H3/t9-/m0/s1. The number of aliphatic hydroxyl groups excluding tert-OH is 1. The Hall–Kier alpha value is -0.570. The molecule has 0 aliphatic heterocycles. The maximum atomic E-state index is 10.9. The van der Waals surface area contributed by atoms with Crippen molar-refractivity contribution in [3.63, 3.8) is 0 Å². The molecule has 0 aromatic rings. The molecule has 78 valence electrons. The van der Waals surface area contributed by atoms with E-state index in [0.29, 0.717) is 19.4 Å². The summed E-state index contributed by atoms with van der Waals surface area (Å²) in [7, 11) is 0. The highest BCUT2D eigenvalue weighted by Crippen LogP contribution is 2.06. The Morgan fingerprint density at radius 2 is 2.08 bits per heavy atom. The van der Waals surface area contributed by atoms with Crippen molar-refractivity contribution in [2.75, 3.05) is 6.61 Å². The molecule has 0 saturated heterocycles. The van der Waals surface area contributed by atoms with Gasteiger partial charge in [0.2, 0.25) is 0 Å². The second-order valence-electron chi connectivity index (χ2n) is 3.14. The number of hydrogen-bond acceptors (Lipinski definition) is 3. The van der Waals surface area contributed by atoms with Crippen LogP contribution in [0.5, 0.6) is 0 Å². The van der Waals surface area contributed by atoms with Crippen molar-refractivity contribution in [1.29, 1.82) is 0 Å². The third-order valence-corrected chi connectivity index (χ3v) is 1.85. The van der Waals surface area contributed by atoms with Gasteiger partial charge in [-0.1, -0.05) is 13.3 Å². The molecule has 0 aliphatic rings. The minimum atomic E-state index is -0.251. The molecule has 1 atom stereocenters. The lowest BCUT2D eigenvalue weighted by Crippen LogP contribution is -2.08. The molecule has 0 aromatic heterocycles. The number of rotatable bonds is 7. The number of esters is 1. The van der Waals surface area contributed by atoms with Crippen molar-refractivity contribution in [1.82, 2.24) is 0 Å². The molecule has 1 N–H and O–H groups in total. The Kier molecular flexibility index (Phi) is 7.69. The number of hydrogen-bond donors (Lipinski definition) is 1. The molecule has 3 heteroatoms. The third kappa shape index (κ3) is 7.78. The number of aliphatic hydroxyl groups is 1. The number of carbonyl (C=O) groups excluding carboxylic acids is 1. The molecule has 0 amide bonds. The molecule has 0 unspecified atom stereocenters. The summed E-state index contributed by atoms with van der Waals surface area (Å²) < 4.78 is 4.76. The summed E-state index contributed by atoms with van der Waals surface area (Å²) in [5, 5.41) is 9.34. The Balaban J connectivity index is 3.28. The van der Waals surface area contributed by atoms with Crippen molar-refractivity contribution >= 4 is 5.97 Å². The zero-order chi connectivity index (χ0) is 10.1. The minimum absolute atomic E-state index is 0.161. The fraction of sp³-hybridized carbons (Fsp3) is 0.900. The van der Waals surface area contributed by atoms with Crippen LogP contribution in [0.15, 0.2) is 0 Å². The topological polar surface area (TPSA) is 46.5 Å². The van der Waals surface area contributed by atoms with E-state index in [2.05, 4.69) is 0 Å². The molecular weight excluding hydrogens is 168 g/mol. The van der Waals surface area contributed by atoms with Crippen LogP contribution < -0.4 is 0 Å². The summed E-state index contributed by atoms with van der Waals surface area (Å²) in [6.45, 7) is 4.27. The molecule has 0 radical (unpaired) electrons. The van der Waals surface area contributed by atoms with Gasteiger partial charge in [0, 0.05) is 6.42 Å². The highest BCUT2D eigenvalue weighted by atomic mass is 16.5. The first-order chi connectivity index (χ1) is 6.20. The second-order valence-corrected chi connectivity index (χ2v) is 3.14. The highest BCUT2D eigenvalue weighted by Gasteiger charge is 2.05. The average molecular weight is 188 g/mol. The SMILES string of the molecule is CCC[C@H](O)CCCC(=O)OCC. The van der Waals surface area contributed by atoms with Crippen molar-refractivity contribution < 1.29 is 14.6 Å². The van der Waals surface area contributed by atoms with Crippen LogP contribution >= 0.6 is 0 Å². The summed E-state index contributed by atoms with van der Waals surface area (Å²) in [6, 6.07) is 0. The highest BCUT2D eigenvalue weighted by molar-refractivity contribution is 5.69. The Morgan fingerprint density at radius 1 is 1.38 bits per heavy atom. The summed E-state index contributed by atoms with van der Waals surface area (Å²) in [5.41, 5.74) is 0. The zero-order valence-corrected chi connectivity index (χ0v) is 8.58. The first-order valence-corrected chi connectivity index (χ1v) is 5.04. The van der Waals surface area contributed by atoms with Crippen LogP contribution in [0, 0.1) is 0 Å². The molecule has 0 heterocycles. The zero-order valence-electron chi connectivity index (χ0n) is 8.58. The van der Waals surface area contributed by atoms with Gasteiger partial charge in [-0.05, 0) is 26.2 Å². The largest absolute Gasteiger partial charge is 0.466 e. The maximum Gasteiger partial charge on any atom is 0.305 e. The first kappa shape index (κ1) is 12.4. The molecule has 3 nitrogen and oxygen atoms in total. The molecule has 0 bridgehead atoms. The van der Waals surface area contributed by atoms with Crippen molar-refractivity contribution in [2.45, 2.75) is 52.1 Å². The van der Waals surface area contributed by atoms with Gasteiger partial charge in [0.1, 0.15) is 0 Å². The Labute approximate surface area is 80.1 Å². The van der Waals surface area contributed by atoms with Gasteiger partial charge in [-0.25, -0.2) is 0 Å². The van der Waals surface area contributed by atoms with Gasteiger partial charge in [-0.15, -0.1) is 0 Å². The van der Waals surface area contributed by atoms with E-state index in [-0.39, 0.29) is 12.1 Å². The van der Waals surface area contributed by atoms with Crippen molar-refractivity contribution in [2.24, 2.45) is 0 Å². The van der Waals surface area contributed by atoms with Crippen LogP contribution in [0.2, 0.25) is 0 Å². The van der Waals surface area contributed by atoms with Gasteiger partial charge in [0.05, 0.1) is 12.7 Å². The Morgan fingerprint density at radius 3 is 2.62 bits per heavy atom. The van der Waals surface area contributed by atoms with Crippen molar-refractivity contribution in [3.8, 4) is 0 Å². The molecule has 13 heavy (non-hydrogen) atoms. The average Bonchev–Trinajstić information content (AvgIpc) is 2.05. The van der Waals surface area contributed by atoms with Gasteiger partial charge >= 0.3 is 5.97 Å². The fourth-order valence-electron chi connectivity index (χ4n) is 1.19. The van der Waals surface area contributed by atoms with Crippen LogP contribution in [0.4, 0.5) is 0 Å². The summed E-state index contributed by atoms with van der Waals surface area (Å²) in [5.74, 6) is -0.161. The predicted molar refractivity (Wildman–Crippen MR) is 51.4 cm³/mol. The van der Waals surface area contributed by atoms with Gasteiger partial charge in [-0.2, -0.15) is 0 Å². The summed E-state index contributed by atoms with van der Waals surface area (Å²) >= 11 is 0. The van der Waals surface area contributed by atoms with Crippen LogP contribution in [-0.4, -0.2) is 23.8 Å². The minimum Gasteiger partial charge on any atom is -0.466 e. The molecule has 0 aromatic carbocycles. The van der Waals surface area contributed by atoms with E-state index in [1.54, 1.807) is 6.92 Å². The summed E-state index contributed by atoms with van der Waals surface area (Å²) in [4.78, 5) is 10.9. The lowest BCUT2D eigenvalue weighted by molar-refractivity contribution is -0.143. The Bertz CT molecular complexity index is 134. The smallest absolute Gasteiger partial charge is 0.305 e. The quantitative estimate of drug-likeness (QED) is 0.620. The lowest BCUT2D eigenvalue weighted by Gasteiger charge is -2.07. The van der Waals surface area contributed by atoms with Crippen molar-refractivity contribution in [3.05, 3.63) is 0 Å². The predicted octanol–water partition coefficient (Wildman–Crippen LogP) is 1.88. The molecular formula is C10H20O3. The van der Waals surface area contributed by atoms with E-state index < -0.39 is 0 Å². The normalized spacial score (nSPS) is 12.5. The second kappa shape index (κ2) is 8.05. The molecule has 0 aliphatic carbocycles.